The number of carbonyl (C=O) groups excluding carboxylic acids is 2. The van der Waals surface area contributed by atoms with E-state index in [1.165, 1.54) is 0 Å². The summed E-state index contributed by atoms with van der Waals surface area (Å²) in [7, 11) is 0. The monoisotopic (exact) mass is 366 g/mol. The third-order valence-corrected chi connectivity index (χ3v) is 4.73. The van der Waals surface area contributed by atoms with E-state index in [1.54, 1.807) is 13.8 Å². The van der Waals surface area contributed by atoms with Gasteiger partial charge in [-0.3, -0.25) is 9.59 Å². The first-order valence-electron chi connectivity index (χ1n) is 9.02. The van der Waals surface area contributed by atoms with Crippen LogP contribution in [-0.4, -0.2) is 21.5 Å². The molecule has 0 fully saturated rings. The predicted octanol–water partition coefficient (Wildman–Crippen LogP) is 5.37. The summed E-state index contributed by atoms with van der Waals surface area (Å²) in [5.74, 6) is 0.0836. The van der Waals surface area contributed by atoms with Gasteiger partial charge in [-0.15, -0.1) is 0 Å². The summed E-state index contributed by atoms with van der Waals surface area (Å²) in [6.07, 6.45) is 0. The van der Waals surface area contributed by atoms with Crippen molar-refractivity contribution in [1.82, 2.24) is 9.97 Å². The number of aromatic nitrogens is 2. The summed E-state index contributed by atoms with van der Waals surface area (Å²) in [5, 5.41) is 0.952. The molecule has 4 rings (SSSR count). The second kappa shape index (κ2) is 7.16. The lowest BCUT2D eigenvalue weighted by Crippen LogP contribution is -1.94. The molecule has 2 aromatic heterocycles. The molecule has 0 spiro atoms. The average molecular weight is 366 g/mol. The minimum absolute atomic E-state index is 0.0418. The molecule has 0 saturated heterocycles. The lowest BCUT2D eigenvalue weighted by Gasteiger charge is -2.06. The summed E-state index contributed by atoms with van der Waals surface area (Å²) < 4.78 is 0. The Labute approximate surface area is 162 Å². The molecule has 4 aromatic rings. The molecule has 2 heterocycles. The van der Waals surface area contributed by atoms with E-state index in [-0.39, 0.29) is 11.6 Å². The lowest BCUT2D eigenvalue weighted by atomic mass is 10.1. The topological polar surface area (TPSA) is 59.9 Å². The Morgan fingerprint density at radius 3 is 1.32 bits per heavy atom. The van der Waals surface area contributed by atoms with Gasteiger partial charge in [0.05, 0.1) is 11.4 Å². The highest BCUT2D eigenvalue weighted by Gasteiger charge is 2.07. The van der Waals surface area contributed by atoms with Crippen molar-refractivity contribution in [1.29, 1.82) is 0 Å². The number of rotatable bonds is 4. The van der Waals surface area contributed by atoms with Crippen LogP contribution in [0.3, 0.4) is 0 Å². The average Bonchev–Trinajstić information content (AvgIpc) is 2.73. The highest BCUT2D eigenvalue weighted by molar-refractivity contribution is 5.95. The number of hydrogen-bond acceptors (Lipinski definition) is 4. The molecule has 0 bridgehead atoms. The van der Waals surface area contributed by atoms with Gasteiger partial charge in [-0.2, -0.15) is 0 Å². The Hall–Kier alpha value is -3.66. The zero-order valence-corrected chi connectivity index (χ0v) is 15.6. The van der Waals surface area contributed by atoms with E-state index in [1.807, 2.05) is 72.8 Å². The Morgan fingerprint density at radius 1 is 0.571 bits per heavy atom. The van der Waals surface area contributed by atoms with E-state index < -0.39 is 0 Å². The Morgan fingerprint density at radius 2 is 0.964 bits per heavy atom. The van der Waals surface area contributed by atoms with Crippen LogP contribution in [0.25, 0.3) is 33.5 Å². The summed E-state index contributed by atoms with van der Waals surface area (Å²) in [6, 6.07) is 22.7. The number of pyridine rings is 2. The predicted molar refractivity (Wildman–Crippen MR) is 110 cm³/mol. The highest BCUT2D eigenvalue weighted by Crippen LogP contribution is 2.24. The summed E-state index contributed by atoms with van der Waals surface area (Å²) in [5.41, 5.74) is 5.49. The van der Waals surface area contributed by atoms with Gasteiger partial charge >= 0.3 is 0 Å². The van der Waals surface area contributed by atoms with Gasteiger partial charge in [0, 0.05) is 27.6 Å². The first-order chi connectivity index (χ1) is 13.5. The molecule has 0 atom stereocenters. The summed E-state index contributed by atoms with van der Waals surface area (Å²) in [6.45, 7) is 3.11. The minimum atomic E-state index is 0.0418. The number of hydrogen-bond donors (Lipinski definition) is 0. The fourth-order valence-electron chi connectivity index (χ4n) is 3.07. The van der Waals surface area contributed by atoms with Crippen molar-refractivity contribution < 1.29 is 9.59 Å². The second-order valence-electron chi connectivity index (χ2n) is 6.71. The molecular weight excluding hydrogens is 348 g/mol. The molecule has 136 valence electrons. The van der Waals surface area contributed by atoms with E-state index in [9.17, 15) is 9.59 Å². The largest absolute Gasteiger partial charge is 0.295 e. The van der Waals surface area contributed by atoms with Gasteiger partial charge in [0.25, 0.3) is 0 Å². The first kappa shape index (κ1) is 17.7. The Balaban J connectivity index is 1.72. The van der Waals surface area contributed by atoms with E-state index in [4.69, 9.17) is 9.97 Å². The van der Waals surface area contributed by atoms with Gasteiger partial charge in [0.15, 0.2) is 17.2 Å². The maximum Gasteiger partial charge on any atom is 0.160 e. The molecular formula is C24H18N2O2. The van der Waals surface area contributed by atoms with Gasteiger partial charge < -0.3 is 0 Å². The van der Waals surface area contributed by atoms with E-state index >= 15 is 0 Å². The van der Waals surface area contributed by atoms with Gasteiger partial charge in [0.1, 0.15) is 0 Å². The van der Waals surface area contributed by atoms with Crippen LogP contribution in [0.15, 0.2) is 72.8 Å². The van der Waals surface area contributed by atoms with Crippen molar-refractivity contribution in [2.75, 3.05) is 0 Å². The highest BCUT2D eigenvalue weighted by atomic mass is 16.1. The number of nitrogens with zero attached hydrogens (tertiary/aromatic N) is 2. The van der Waals surface area contributed by atoms with Crippen molar-refractivity contribution in [2.24, 2.45) is 0 Å². The zero-order chi connectivity index (χ0) is 19.7. The Kier molecular flexibility index (Phi) is 4.53. The van der Waals surface area contributed by atoms with Crippen molar-refractivity contribution in [3.63, 3.8) is 0 Å². The normalized spacial score (nSPS) is 10.8. The van der Waals surface area contributed by atoms with Crippen molar-refractivity contribution >= 4 is 22.6 Å². The van der Waals surface area contributed by atoms with Crippen LogP contribution in [0.5, 0.6) is 0 Å². The van der Waals surface area contributed by atoms with Crippen LogP contribution in [0.4, 0.5) is 0 Å². The molecule has 4 heteroatoms. The van der Waals surface area contributed by atoms with E-state index in [0.29, 0.717) is 16.8 Å². The zero-order valence-electron chi connectivity index (χ0n) is 15.6. The number of ketones is 2. The maximum absolute atomic E-state index is 11.5. The van der Waals surface area contributed by atoms with Gasteiger partial charge in [0.2, 0.25) is 0 Å². The fraction of sp³-hybridized carbons (Fsp3) is 0.0833. The van der Waals surface area contributed by atoms with Crippen LogP contribution in [0.2, 0.25) is 0 Å². The molecule has 2 aromatic carbocycles. The number of carbonyl (C=O) groups is 2. The third-order valence-electron chi connectivity index (χ3n) is 4.73. The van der Waals surface area contributed by atoms with Gasteiger partial charge in [-0.05, 0) is 38.1 Å². The summed E-state index contributed by atoms with van der Waals surface area (Å²) in [4.78, 5) is 32.3. The molecule has 0 aliphatic carbocycles. The second-order valence-corrected chi connectivity index (χ2v) is 6.71. The van der Waals surface area contributed by atoms with E-state index in [2.05, 4.69) is 0 Å². The third kappa shape index (κ3) is 3.45. The molecule has 0 radical (unpaired) electrons. The van der Waals surface area contributed by atoms with Gasteiger partial charge in [-0.1, -0.05) is 48.5 Å². The van der Waals surface area contributed by atoms with Crippen LogP contribution >= 0.6 is 0 Å². The van der Waals surface area contributed by atoms with Crippen molar-refractivity contribution in [3.8, 4) is 22.5 Å². The maximum atomic E-state index is 11.5. The molecule has 28 heavy (non-hydrogen) atoms. The minimum Gasteiger partial charge on any atom is -0.295 e. The quantitative estimate of drug-likeness (QED) is 0.456. The van der Waals surface area contributed by atoms with Gasteiger partial charge in [-0.25, -0.2) is 9.97 Å². The molecule has 0 N–H and O–H groups in total. The van der Waals surface area contributed by atoms with Crippen LogP contribution in [0, 0.1) is 0 Å². The van der Waals surface area contributed by atoms with E-state index in [0.717, 1.165) is 27.9 Å². The fourth-order valence-corrected chi connectivity index (χ4v) is 3.07. The smallest absolute Gasteiger partial charge is 0.160 e. The molecule has 0 aliphatic heterocycles. The molecule has 4 nitrogen and oxygen atoms in total. The van der Waals surface area contributed by atoms with Crippen molar-refractivity contribution in [2.45, 2.75) is 13.8 Å². The van der Waals surface area contributed by atoms with Crippen molar-refractivity contribution in [3.05, 3.63) is 83.9 Å². The Bertz CT molecular complexity index is 1100. The first-order valence-corrected chi connectivity index (χ1v) is 9.02. The number of Topliss-reactive ketones (excluding diaryl/α,β-unsaturated/α-hetero) is 2. The SMILES string of the molecule is CC(=O)c1ccc(-c2ccc3ccc(-c4ccc(C(C)=O)cc4)nc3n2)cc1. The number of fused-ring (bicyclic) bond motifs is 1. The van der Waals surface area contributed by atoms with Crippen LogP contribution in [0.1, 0.15) is 34.6 Å². The van der Waals surface area contributed by atoms with Crippen LogP contribution < -0.4 is 0 Å². The standard InChI is InChI=1S/C24H18N2O2/c1-15(27)17-3-7-19(8-4-17)22-13-11-21-12-14-23(26-24(21)25-22)20-9-5-18(6-10-20)16(2)28/h3-14H,1-2H3. The molecule has 0 saturated carbocycles. The molecule has 0 amide bonds. The molecule has 0 unspecified atom stereocenters. The number of benzene rings is 2. The molecule has 0 aliphatic rings. The summed E-state index contributed by atoms with van der Waals surface area (Å²) >= 11 is 0. The lowest BCUT2D eigenvalue weighted by molar-refractivity contribution is 0.100. The van der Waals surface area contributed by atoms with Crippen LogP contribution in [-0.2, 0) is 0 Å².